The van der Waals surface area contributed by atoms with Crippen molar-refractivity contribution in [2.45, 2.75) is 13.2 Å². The van der Waals surface area contributed by atoms with Gasteiger partial charge in [-0.25, -0.2) is 0 Å². The first-order valence-corrected chi connectivity index (χ1v) is 9.71. The highest BCUT2D eigenvalue weighted by Crippen LogP contribution is 2.30. The Kier molecular flexibility index (Phi) is 7.56. The largest absolute Gasteiger partial charge is 0.493 e. The Labute approximate surface area is 180 Å². The molecule has 0 aliphatic rings. The van der Waals surface area contributed by atoms with Crippen molar-refractivity contribution in [2.75, 3.05) is 26.0 Å². The van der Waals surface area contributed by atoms with Crippen LogP contribution in [-0.2, 0) is 11.3 Å². The third-order valence-electron chi connectivity index (χ3n) is 4.60. The van der Waals surface area contributed by atoms with Gasteiger partial charge in [-0.1, -0.05) is 54.6 Å². The summed E-state index contributed by atoms with van der Waals surface area (Å²) in [4.78, 5) is 14.4. The van der Waals surface area contributed by atoms with E-state index in [9.17, 15) is 13.6 Å². The molecule has 0 saturated heterocycles. The molecule has 0 spiro atoms. The van der Waals surface area contributed by atoms with Gasteiger partial charge in [-0.05, 0) is 36.4 Å². The van der Waals surface area contributed by atoms with E-state index in [4.69, 9.17) is 4.74 Å². The van der Waals surface area contributed by atoms with Crippen molar-refractivity contribution in [3.05, 3.63) is 78.4 Å². The molecular formula is C24H24F2N2O3. The minimum absolute atomic E-state index is 0.0374. The number of ether oxygens (including phenoxy) is 2. The van der Waals surface area contributed by atoms with Gasteiger partial charge in [-0.3, -0.25) is 9.69 Å². The van der Waals surface area contributed by atoms with E-state index < -0.39 is 6.61 Å². The van der Waals surface area contributed by atoms with Gasteiger partial charge in [0.15, 0.2) is 11.5 Å². The molecule has 3 rings (SSSR count). The van der Waals surface area contributed by atoms with E-state index in [1.807, 2.05) is 54.6 Å². The van der Waals surface area contributed by atoms with Crippen LogP contribution in [0.1, 0.15) is 5.56 Å². The van der Waals surface area contributed by atoms with Crippen molar-refractivity contribution >= 4 is 11.6 Å². The number of carbonyl (C=O) groups excluding carboxylic acids is 1. The van der Waals surface area contributed by atoms with E-state index in [1.54, 1.807) is 24.1 Å². The smallest absolute Gasteiger partial charge is 0.387 e. The Morgan fingerprint density at radius 2 is 1.71 bits per heavy atom. The molecular weight excluding hydrogens is 402 g/mol. The van der Waals surface area contributed by atoms with E-state index in [0.29, 0.717) is 6.54 Å². The van der Waals surface area contributed by atoms with E-state index in [2.05, 4.69) is 10.1 Å². The van der Waals surface area contributed by atoms with Crippen LogP contribution in [0.4, 0.5) is 14.5 Å². The zero-order chi connectivity index (χ0) is 22.2. The number of amides is 1. The SMILES string of the molecule is COc1ccc(CN(C)CC(=O)Nc2ccccc2-c2ccccc2)cc1OC(F)F. The lowest BCUT2D eigenvalue weighted by Crippen LogP contribution is -2.30. The highest BCUT2D eigenvalue weighted by Gasteiger charge is 2.14. The number of benzene rings is 3. The number of nitrogens with one attached hydrogen (secondary N) is 1. The van der Waals surface area contributed by atoms with Crippen LogP contribution in [0, 0.1) is 0 Å². The minimum Gasteiger partial charge on any atom is -0.493 e. The Morgan fingerprint density at radius 1 is 1.00 bits per heavy atom. The van der Waals surface area contributed by atoms with Crippen LogP contribution in [0.5, 0.6) is 11.5 Å². The first-order valence-electron chi connectivity index (χ1n) is 9.71. The molecule has 0 radical (unpaired) electrons. The van der Waals surface area contributed by atoms with E-state index in [0.717, 1.165) is 22.4 Å². The lowest BCUT2D eigenvalue weighted by Gasteiger charge is -2.18. The van der Waals surface area contributed by atoms with Gasteiger partial charge in [0, 0.05) is 17.8 Å². The molecule has 1 amide bonds. The quantitative estimate of drug-likeness (QED) is 0.521. The van der Waals surface area contributed by atoms with Gasteiger partial charge < -0.3 is 14.8 Å². The first kappa shape index (κ1) is 22.2. The standard InChI is InChI=1S/C24H24F2N2O3/c1-28(15-17-12-13-21(30-2)22(14-17)31-24(25)26)16-23(29)27-20-11-7-6-10-19(20)18-8-4-3-5-9-18/h3-14,24H,15-16H2,1-2H3,(H,27,29). The normalized spacial score (nSPS) is 10.9. The predicted octanol–water partition coefficient (Wildman–Crippen LogP) is 5.03. The molecule has 0 atom stereocenters. The van der Waals surface area contributed by atoms with E-state index >= 15 is 0 Å². The number of carbonyl (C=O) groups is 1. The Morgan fingerprint density at radius 3 is 2.42 bits per heavy atom. The fraction of sp³-hybridized carbons (Fsp3) is 0.208. The first-order chi connectivity index (χ1) is 15.0. The molecule has 0 bridgehead atoms. The monoisotopic (exact) mass is 426 g/mol. The van der Waals surface area contributed by atoms with Crippen molar-refractivity contribution in [1.29, 1.82) is 0 Å². The lowest BCUT2D eigenvalue weighted by molar-refractivity contribution is -0.117. The number of halogens is 2. The van der Waals surface area contributed by atoms with Crippen molar-refractivity contribution in [2.24, 2.45) is 0 Å². The van der Waals surface area contributed by atoms with Crippen LogP contribution in [0.2, 0.25) is 0 Å². The zero-order valence-electron chi connectivity index (χ0n) is 17.3. The third-order valence-corrected chi connectivity index (χ3v) is 4.60. The number of nitrogens with zero attached hydrogens (tertiary/aromatic N) is 1. The molecule has 0 fully saturated rings. The number of alkyl halides is 2. The molecule has 0 heterocycles. The van der Waals surface area contributed by atoms with Crippen molar-refractivity contribution in [3.63, 3.8) is 0 Å². The summed E-state index contributed by atoms with van der Waals surface area (Å²) in [5, 5.41) is 2.96. The molecule has 0 unspecified atom stereocenters. The molecule has 162 valence electrons. The summed E-state index contributed by atoms with van der Waals surface area (Å²) >= 11 is 0. The maximum Gasteiger partial charge on any atom is 0.387 e. The highest BCUT2D eigenvalue weighted by molar-refractivity contribution is 5.96. The van der Waals surface area contributed by atoms with Crippen LogP contribution in [0.15, 0.2) is 72.8 Å². The number of rotatable bonds is 9. The molecule has 7 heteroatoms. The van der Waals surface area contributed by atoms with Gasteiger partial charge in [-0.2, -0.15) is 8.78 Å². The number of likely N-dealkylation sites (N-methyl/N-ethyl adjacent to an activating group) is 1. The summed E-state index contributed by atoms with van der Waals surface area (Å²) in [6.45, 7) is -2.45. The van der Waals surface area contributed by atoms with Gasteiger partial charge in [-0.15, -0.1) is 0 Å². The second-order valence-electron chi connectivity index (χ2n) is 7.00. The Balaban J connectivity index is 1.65. The molecule has 0 aromatic heterocycles. The average Bonchev–Trinajstić information content (AvgIpc) is 2.74. The fourth-order valence-corrected chi connectivity index (χ4v) is 3.27. The Hall–Kier alpha value is -3.45. The van der Waals surface area contributed by atoms with Crippen LogP contribution in [0.3, 0.4) is 0 Å². The maximum absolute atomic E-state index is 12.6. The van der Waals surface area contributed by atoms with Crippen molar-refractivity contribution < 1.29 is 23.0 Å². The third kappa shape index (κ3) is 6.26. The zero-order valence-corrected chi connectivity index (χ0v) is 17.3. The van der Waals surface area contributed by atoms with Gasteiger partial charge in [0.25, 0.3) is 0 Å². The maximum atomic E-state index is 12.6. The molecule has 0 aliphatic carbocycles. The number of anilines is 1. The predicted molar refractivity (Wildman–Crippen MR) is 116 cm³/mol. The Bertz CT molecular complexity index is 1010. The van der Waals surface area contributed by atoms with Gasteiger partial charge >= 0.3 is 6.61 Å². The summed E-state index contributed by atoms with van der Waals surface area (Å²) in [5.74, 6) is 0.00931. The lowest BCUT2D eigenvalue weighted by atomic mass is 10.0. The van der Waals surface area contributed by atoms with Gasteiger partial charge in [0.1, 0.15) is 0 Å². The molecule has 0 aliphatic heterocycles. The summed E-state index contributed by atoms with van der Waals surface area (Å²) in [7, 11) is 3.16. The van der Waals surface area contributed by atoms with Crippen molar-refractivity contribution in [3.8, 4) is 22.6 Å². The summed E-state index contributed by atoms with van der Waals surface area (Å²) in [6.07, 6.45) is 0. The minimum atomic E-state index is -2.95. The summed E-state index contributed by atoms with van der Waals surface area (Å²) in [5.41, 5.74) is 3.39. The van der Waals surface area contributed by atoms with Gasteiger partial charge in [0.2, 0.25) is 5.91 Å². The van der Waals surface area contributed by atoms with Crippen LogP contribution < -0.4 is 14.8 Å². The number of methoxy groups -OCH3 is 1. The van der Waals surface area contributed by atoms with Crippen LogP contribution in [0.25, 0.3) is 11.1 Å². The van der Waals surface area contributed by atoms with Crippen molar-refractivity contribution in [1.82, 2.24) is 4.90 Å². The molecule has 5 nitrogen and oxygen atoms in total. The molecule has 31 heavy (non-hydrogen) atoms. The molecule has 1 N–H and O–H groups in total. The van der Waals surface area contributed by atoms with Gasteiger partial charge in [0.05, 0.1) is 13.7 Å². The second kappa shape index (κ2) is 10.5. The topological polar surface area (TPSA) is 50.8 Å². The van der Waals surface area contributed by atoms with Crippen LogP contribution >= 0.6 is 0 Å². The number of hydrogen-bond donors (Lipinski definition) is 1. The number of hydrogen-bond acceptors (Lipinski definition) is 4. The average molecular weight is 426 g/mol. The summed E-state index contributed by atoms with van der Waals surface area (Å²) in [6, 6.07) is 22.2. The van der Waals surface area contributed by atoms with E-state index in [-0.39, 0.29) is 24.0 Å². The van der Waals surface area contributed by atoms with E-state index in [1.165, 1.54) is 13.2 Å². The molecule has 3 aromatic rings. The highest BCUT2D eigenvalue weighted by atomic mass is 19.3. The molecule has 3 aromatic carbocycles. The van der Waals surface area contributed by atoms with Crippen LogP contribution in [-0.4, -0.2) is 38.1 Å². The number of para-hydroxylation sites is 1. The molecule has 0 saturated carbocycles. The second-order valence-corrected chi connectivity index (χ2v) is 7.00. The summed E-state index contributed by atoms with van der Waals surface area (Å²) < 4.78 is 34.8. The fourth-order valence-electron chi connectivity index (χ4n) is 3.27.